The fourth-order valence-electron chi connectivity index (χ4n) is 1.77. The molecule has 0 aromatic heterocycles. The Hall–Kier alpha value is -1.65. The van der Waals surface area contributed by atoms with Crippen molar-refractivity contribution in [1.29, 1.82) is 0 Å². The summed E-state index contributed by atoms with van der Waals surface area (Å²) in [5.74, 6) is 0.179. The Morgan fingerprint density at radius 2 is 1.75 bits per heavy atom. The summed E-state index contributed by atoms with van der Waals surface area (Å²) in [6.07, 6.45) is 0. The van der Waals surface area contributed by atoms with Gasteiger partial charge in [0.2, 0.25) is 0 Å². The van der Waals surface area contributed by atoms with Gasteiger partial charge in [0.15, 0.2) is 0 Å². The standard InChI is InChI=1S/C14H15N3O5S.Na/c1-15-9-3-5-11(14(7-9)22-2)16-17-12-8-10(23(19,20)21)4-6-13(12)18;/h3-8,15,18H,1-2H3,(H,19,20,21);. The van der Waals surface area contributed by atoms with Crippen LogP contribution in [0, 0.1) is 0 Å². The molecule has 0 bridgehead atoms. The maximum atomic E-state index is 11.1. The third kappa shape index (κ3) is 4.92. The number of phenolic OH excluding ortho intramolecular Hbond substituents is 1. The van der Waals surface area contributed by atoms with E-state index in [1.807, 2.05) is 0 Å². The first-order valence-corrected chi connectivity index (χ1v) is 7.87. The summed E-state index contributed by atoms with van der Waals surface area (Å²) < 4.78 is 36.4. The molecule has 2 aromatic rings. The first-order chi connectivity index (χ1) is 10.8. The predicted molar refractivity (Wildman–Crippen MR) is 90.4 cm³/mol. The molecule has 123 valence electrons. The van der Waals surface area contributed by atoms with Crippen molar-refractivity contribution in [2.75, 3.05) is 19.5 Å². The van der Waals surface area contributed by atoms with E-state index >= 15 is 0 Å². The van der Waals surface area contributed by atoms with E-state index in [0.717, 1.165) is 23.9 Å². The summed E-state index contributed by atoms with van der Waals surface area (Å²) in [6, 6.07) is 8.30. The second-order valence-electron chi connectivity index (χ2n) is 4.46. The zero-order chi connectivity index (χ0) is 17.0. The topological polar surface area (TPSA) is 121 Å². The van der Waals surface area contributed by atoms with Gasteiger partial charge in [-0.1, -0.05) is 0 Å². The molecule has 8 nitrogen and oxygen atoms in total. The fraction of sp³-hybridized carbons (Fsp3) is 0.143. The van der Waals surface area contributed by atoms with E-state index in [2.05, 4.69) is 15.5 Å². The van der Waals surface area contributed by atoms with Crippen molar-refractivity contribution < 1.29 is 22.8 Å². The summed E-state index contributed by atoms with van der Waals surface area (Å²) in [7, 11) is -1.16. The van der Waals surface area contributed by atoms with Crippen LogP contribution in [0.2, 0.25) is 0 Å². The van der Waals surface area contributed by atoms with E-state index in [1.165, 1.54) is 7.11 Å². The van der Waals surface area contributed by atoms with Crippen molar-refractivity contribution in [2.45, 2.75) is 4.90 Å². The summed E-state index contributed by atoms with van der Waals surface area (Å²) in [5.41, 5.74) is 1.11. The van der Waals surface area contributed by atoms with Crippen LogP contribution >= 0.6 is 0 Å². The number of methoxy groups -OCH3 is 1. The molecule has 0 atom stereocenters. The Kier molecular flexibility index (Phi) is 7.18. The number of hydrogen-bond donors (Lipinski definition) is 3. The number of rotatable bonds is 5. The largest absolute Gasteiger partial charge is 0.506 e. The van der Waals surface area contributed by atoms with Crippen LogP contribution in [0.4, 0.5) is 17.1 Å². The van der Waals surface area contributed by atoms with Crippen LogP contribution in [0.25, 0.3) is 0 Å². The van der Waals surface area contributed by atoms with Crippen molar-refractivity contribution in [3.05, 3.63) is 36.4 Å². The molecule has 0 unspecified atom stereocenters. The van der Waals surface area contributed by atoms with Gasteiger partial charge in [-0.3, -0.25) is 4.55 Å². The molecule has 0 aliphatic rings. The van der Waals surface area contributed by atoms with Crippen LogP contribution in [-0.2, 0) is 10.1 Å². The van der Waals surface area contributed by atoms with Crippen molar-refractivity contribution >= 4 is 56.7 Å². The second-order valence-corrected chi connectivity index (χ2v) is 5.88. The van der Waals surface area contributed by atoms with Gasteiger partial charge in [0, 0.05) is 48.4 Å². The average molecular weight is 360 g/mol. The third-order valence-electron chi connectivity index (χ3n) is 2.98. The third-order valence-corrected chi connectivity index (χ3v) is 3.83. The van der Waals surface area contributed by atoms with Crippen LogP contribution in [0.15, 0.2) is 51.5 Å². The molecule has 0 saturated carbocycles. The molecule has 0 fully saturated rings. The van der Waals surface area contributed by atoms with Gasteiger partial charge in [0.25, 0.3) is 10.1 Å². The molecule has 0 saturated heterocycles. The minimum atomic E-state index is -4.39. The molecule has 2 rings (SSSR count). The number of nitrogens with one attached hydrogen (secondary N) is 1. The Bertz CT molecular complexity index is 855. The Balaban J connectivity index is 0.00000288. The molecule has 1 radical (unpaired) electrons. The molecule has 0 aliphatic heterocycles. The summed E-state index contributed by atoms with van der Waals surface area (Å²) in [4.78, 5) is -0.387. The van der Waals surface area contributed by atoms with Crippen molar-refractivity contribution in [2.24, 2.45) is 10.2 Å². The van der Waals surface area contributed by atoms with Gasteiger partial charge in [-0.2, -0.15) is 8.42 Å². The zero-order valence-corrected chi connectivity index (χ0v) is 16.2. The number of azo groups is 1. The maximum absolute atomic E-state index is 11.1. The molecule has 0 amide bonds. The first kappa shape index (κ1) is 20.4. The zero-order valence-electron chi connectivity index (χ0n) is 13.4. The number of nitrogens with zero attached hydrogens (tertiary/aromatic N) is 2. The summed E-state index contributed by atoms with van der Waals surface area (Å²) in [6.45, 7) is 0. The van der Waals surface area contributed by atoms with Gasteiger partial charge >= 0.3 is 0 Å². The number of aromatic hydroxyl groups is 1. The van der Waals surface area contributed by atoms with E-state index in [9.17, 15) is 13.5 Å². The van der Waals surface area contributed by atoms with Gasteiger partial charge in [-0.05, 0) is 30.3 Å². The van der Waals surface area contributed by atoms with Crippen LogP contribution < -0.4 is 10.1 Å². The molecular formula is C14H15N3NaO5S. The monoisotopic (exact) mass is 360 g/mol. The Morgan fingerprint density at radius 1 is 1.08 bits per heavy atom. The van der Waals surface area contributed by atoms with Gasteiger partial charge in [-0.25, -0.2) is 0 Å². The summed E-state index contributed by atoms with van der Waals surface area (Å²) >= 11 is 0. The Labute approximate surface area is 161 Å². The van der Waals surface area contributed by atoms with Gasteiger partial charge < -0.3 is 15.2 Å². The molecule has 2 aromatic carbocycles. The molecule has 10 heteroatoms. The smallest absolute Gasteiger partial charge is 0.294 e. The van der Waals surface area contributed by atoms with E-state index < -0.39 is 10.1 Å². The molecule has 0 aliphatic carbocycles. The number of ether oxygens (including phenoxy) is 1. The number of benzene rings is 2. The van der Waals surface area contributed by atoms with Crippen molar-refractivity contribution in [3.8, 4) is 11.5 Å². The molecule has 0 heterocycles. The second kappa shape index (κ2) is 8.45. The van der Waals surface area contributed by atoms with Crippen LogP contribution in [0.5, 0.6) is 11.5 Å². The van der Waals surface area contributed by atoms with Crippen molar-refractivity contribution in [3.63, 3.8) is 0 Å². The van der Waals surface area contributed by atoms with Crippen LogP contribution in [0.1, 0.15) is 0 Å². The van der Waals surface area contributed by atoms with E-state index in [1.54, 1.807) is 25.2 Å². The van der Waals surface area contributed by atoms with Crippen molar-refractivity contribution in [1.82, 2.24) is 0 Å². The van der Waals surface area contributed by atoms with Gasteiger partial charge in [-0.15, -0.1) is 10.2 Å². The van der Waals surface area contributed by atoms with E-state index in [0.29, 0.717) is 11.4 Å². The van der Waals surface area contributed by atoms with Gasteiger partial charge in [0.1, 0.15) is 22.9 Å². The van der Waals surface area contributed by atoms with Crippen LogP contribution in [-0.4, -0.2) is 61.8 Å². The SMILES string of the molecule is CNc1ccc(N=Nc2cc(S(=O)(=O)O)ccc2O)c(OC)c1.[Na]. The number of phenols is 1. The normalized spacial score (nSPS) is 11.1. The Morgan fingerprint density at radius 3 is 2.33 bits per heavy atom. The first-order valence-electron chi connectivity index (χ1n) is 6.43. The average Bonchev–Trinajstić information content (AvgIpc) is 2.52. The summed E-state index contributed by atoms with van der Waals surface area (Å²) in [5, 5.41) is 20.4. The maximum Gasteiger partial charge on any atom is 0.294 e. The molecule has 0 spiro atoms. The van der Waals surface area contributed by atoms with E-state index in [-0.39, 0.29) is 45.9 Å². The minimum absolute atomic E-state index is 0. The molecule has 24 heavy (non-hydrogen) atoms. The molecular weight excluding hydrogens is 345 g/mol. The predicted octanol–water partition coefficient (Wildman–Crippen LogP) is 2.72. The van der Waals surface area contributed by atoms with Crippen LogP contribution in [0.3, 0.4) is 0 Å². The minimum Gasteiger partial charge on any atom is -0.506 e. The quantitative estimate of drug-likeness (QED) is 0.428. The number of hydrogen-bond acceptors (Lipinski definition) is 7. The van der Waals surface area contributed by atoms with E-state index in [4.69, 9.17) is 9.29 Å². The fourth-order valence-corrected chi connectivity index (χ4v) is 2.27. The van der Waals surface area contributed by atoms with Gasteiger partial charge in [0.05, 0.1) is 12.0 Å². The number of anilines is 1. The molecule has 3 N–H and O–H groups in total.